The first-order chi connectivity index (χ1) is 9.78. The zero-order valence-corrected chi connectivity index (χ0v) is 14.8. The maximum Gasteiger partial charge on any atom is 0.121 e. The van der Waals surface area contributed by atoms with Gasteiger partial charge in [-0.05, 0) is 43.4 Å². The highest BCUT2D eigenvalue weighted by Gasteiger charge is 2.13. The number of hydrogen-bond donors (Lipinski definition) is 0. The molecule has 0 aliphatic heterocycles. The van der Waals surface area contributed by atoms with Gasteiger partial charge in [0, 0.05) is 15.1 Å². The third kappa shape index (κ3) is 5.69. The number of benzene rings is 1. The molecule has 1 fully saturated rings. The summed E-state index contributed by atoms with van der Waals surface area (Å²) in [6.07, 6.45) is 9.42. The van der Waals surface area contributed by atoms with Crippen LogP contribution in [-0.4, -0.2) is 12.4 Å². The summed E-state index contributed by atoms with van der Waals surface area (Å²) in [4.78, 5) is 1.33. The zero-order chi connectivity index (χ0) is 14.2. The predicted octanol–water partition coefficient (Wildman–Crippen LogP) is 6.30. The molecule has 0 aromatic heterocycles. The van der Waals surface area contributed by atoms with Crippen molar-refractivity contribution in [3.05, 3.63) is 22.7 Å². The fourth-order valence-corrected chi connectivity index (χ4v) is 4.40. The third-order valence-corrected chi connectivity index (χ3v) is 5.49. The molecule has 20 heavy (non-hydrogen) atoms. The molecule has 0 unspecified atom stereocenters. The minimum Gasteiger partial charge on any atom is -0.494 e. The molecule has 112 valence electrons. The zero-order valence-electron chi connectivity index (χ0n) is 12.4. The van der Waals surface area contributed by atoms with Gasteiger partial charge in [0.1, 0.15) is 5.75 Å². The molecule has 3 heteroatoms. The Morgan fingerprint density at radius 2 is 2.00 bits per heavy atom. The summed E-state index contributed by atoms with van der Waals surface area (Å²) in [6.45, 7) is 3.01. The topological polar surface area (TPSA) is 9.23 Å². The predicted molar refractivity (Wildman–Crippen MR) is 91.8 cm³/mol. The summed E-state index contributed by atoms with van der Waals surface area (Å²) >= 11 is 5.58. The molecule has 1 aromatic rings. The van der Waals surface area contributed by atoms with Gasteiger partial charge in [-0.15, -0.1) is 11.8 Å². The molecule has 1 aliphatic rings. The lowest BCUT2D eigenvalue weighted by atomic mass is 9.91. The molecule has 0 atom stereocenters. The molecular formula is C17H25BrOS. The van der Waals surface area contributed by atoms with Crippen LogP contribution in [0.3, 0.4) is 0 Å². The monoisotopic (exact) mass is 356 g/mol. The first kappa shape index (κ1) is 16.2. The Hall–Kier alpha value is -0.150. The third-order valence-electron chi connectivity index (χ3n) is 3.82. The normalized spacial score (nSPS) is 16.3. The van der Waals surface area contributed by atoms with E-state index in [1.54, 1.807) is 0 Å². The molecule has 0 spiro atoms. The van der Waals surface area contributed by atoms with Gasteiger partial charge in [-0.2, -0.15) is 0 Å². The van der Waals surface area contributed by atoms with Crippen LogP contribution in [0.25, 0.3) is 0 Å². The average Bonchev–Trinajstić information content (AvgIpc) is 2.46. The molecule has 1 saturated carbocycles. The van der Waals surface area contributed by atoms with Crippen molar-refractivity contribution in [2.75, 3.05) is 12.4 Å². The van der Waals surface area contributed by atoms with E-state index in [-0.39, 0.29) is 0 Å². The molecule has 2 rings (SSSR count). The van der Waals surface area contributed by atoms with Crippen LogP contribution < -0.4 is 4.74 Å². The molecule has 0 saturated heterocycles. The second-order valence-electron chi connectivity index (χ2n) is 5.64. The first-order valence-corrected chi connectivity index (χ1v) is 9.62. The maximum absolute atomic E-state index is 5.82. The minimum absolute atomic E-state index is 0.819. The molecule has 0 N–H and O–H groups in total. The van der Waals surface area contributed by atoms with Gasteiger partial charge in [0.05, 0.1) is 6.61 Å². The average molecular weight is 357 g/mol. The van der Waals surface area contributed by atoms with E-state index in [2.05, 4.69) is 41.1 Å². The van der Waals surface area contributed by atoms with E-state index in [0.29, 0.717) is 0 Å². The number of rotatable bonds is 7. The number of halogens is 1. The van der Waals surface area contributed by atoms with Crippen LogP contribution in [-0.2, 0) is 0 Å². The van der Waals surface area contributed by atoms with Crippen LogP contribution in [0.1, 0.15) is 51.9 Å². The summed E-state index contributed by atoms with van der Waals surface area (Å²) in [5.74, 6) is 3.17. The van der Waals surface area contributed by atoms with Crippen molar-refractivity contribution in [2.45, 2.75) is 56.8 Å². The minimum atomic E-state index is 0.819. The fraction of sp³-hybridized carbons (Fsp3) is 0.647. The lowest BCUT2D eigenvalue weighted by molar-refractivity contribution is 0.308. The molecular weight excluding hydrogens is 332 g/mol. The Bertz CT molecular complexity index is 402. The Morgan fingerprint density at radius 1 is 1.20 bits per heavy atom. The van der Waals surface area contributed by atoms with Gasteiger partial charge >= 0.3 is 0 Å². The highest BCUT2D eigenvalue weighted by atomic mass is 79.9. The van der Waals surface area contributed by atoms with Gasteiger partial charge in [-0.1, -0.05) is 48.5 Å². The van der Waals surface area contributed by atoms with E-state index >= 15 is 0 Å². The van der Waals surface area contributed by atoms with Crippen LogP contribution in [0.2, 0.25) is 0 Å². The van der Waals surface area contributed by atoms with Gasteiger partial charge < -0.3 is 4.74 Å². The van der Waals surface area contributed by atoms with Crippen LogP contribution in [0, 0.1) is 5.92 Å². The molecule has 1 aromatic carbocycles. The molecule has 1 aliphatic carbocycles. The highest BCUT2D eigenvalue weighted by Crippen LogP contribution is 2.33. The van der Waals surface area contributed by atoms with E-state index < -0.39 is 0 Å². The smallest absolute Gasteiger partial charge is 0.121 e. The number of hydrogen-bond acceptors (Lipinski definition) is 2. The van der Waals surface area contributed by atoms with Gasteiger partial charge in [0.2, 0.25) is 0 Å². The Kier molecular flexibility index (Phi) is 7.29. The SMILES string of the molecule is CCCCOc1cc(Br)cc(SCC2CCCCC2)c1. The van der Waals surface area contributed by atoms with Crippen molar-refractivity contribution >= 4 is 27.7 Å². The van der Waals surface area contributed by atoms with E-state index in [1.807, 2.05) is 11.8 Å². The van der Waals surface area contributed by atoms with E-state index in [1.165, 1.54) is 49.2 Å². The van der Waals surface area contributed by atoms with Crippen LogP contribution >= 0.6 is 27.7 Å². The summed E-state index contributed by atoms with van der Waals surface area (Å²) in [7, 11) is 0. The highest BCUT2D eigenvalue weighted by molar-refractivity contribution is 9.10. The quantitative estimate of drug-likeness (QED) is 0.418. The van der Waals surface area contributed by atoms with Crippen molar-refractivity contribution in [1.29, 1.82) is 0 Å². The van der Waals surface area contributed by atoms with Crippen LogP contribution in [0.15, 0.2) is 27.6 Å². The molecule has 0 heterocycles. The largest absolute Gasteiger partial charge is 0.494 e. The van der Waals surface area contributed by atoms with Crippen molar-refractivity contribution in [1.82, 2.24) is 0 Å². The lowest BCUT2D eigenvalue weighted by Gasteiger charge is -2.21. The Balaban J connectivity index is 1.86. The number of ether oxygens (including phenoxy) is 1. The first-order valence-electron chi connectivity index (χ1n) is 7.84. The molecule has 0 radical (unpaired) electrons. The molecule has 1 nitrogen and oxygen atoms in total. The second-order valence-corrected chi connectivity index (χ2v) is 7.65. The van der Waals surface area contributed by atoms with Gasteiger partial charge in [0.15, 0.2) is 0 Å². The second kappa shape index (κ2) is 8.99. The Morgan fingerprint density at radius 3 is 2.75 bits per heavy atom. The summed E-state index contributed by atoms with van der Waals surface area (Å²) in [5.41, 5.74) is 0. The molecule has 0 amide bonds. The Labute approximate surface area is 136 Å². The van der Waals surface area contributed by atoms with Crippen LogP contribution in [0.4, 0.5) is 0 Å². The summed E-state index contributed by atoms with van der Waals surface area (Å²) < 4.78 is 6.94. The van der Waals surface area contributed by atoms with Crippen molar-refractivity contribution < 1.29 is 4.74 Å². The maximum atomic E-state index is 5.82. The van der Waals surface area contributed by atoms with Crippen molar-refractivity contribution in [2.24, 2.45) is 5.92 Å². The fourth-order valence-electron chi connectivity index (χ4n) is 2.61. The van der Waals surface area contributed by atoms with Crippen molar-refractivity contribution in [3.8, 4) is 5.75 Å². The van der Waals surface area contributed by atoms with Crippen LogP contribution in [0.5, 0.6) is 5.75 Å². The summed E-state index contributed by atoms with van der Waals surface area (Å²) in [6, 6.07) is 6.47. The van der Waals surface area contributed by atoms with E-state index in [0.717, 1.165) is 29.2 Å². The van der Waals surface area contributed by atoms with Gasteiger partial charge in [-0.3, -0.25) is 0 Å². The van der Waals surface area contributed by atoms with E-state index in [9.17, 15) is 0 Å². The number of unbranched alkanes of at least 4 members (excludes halogenated alkanes) is 1. The van der Waals surface area contributed by atoms with Gasteiger partial charge in [0.25, 0.3) is 0 Å². The molecule has 0 bridgehead atoms. The lowest BCUT2D eigenvalue weighted by Crippen LogP contribution is -2.08. The van der Waals surface area contributed by atoms with Crippen molar-refractivity contribution in [3.63, 3.8) is 0 Å². The van der Waals surface area contributed by atoms with E-state index in [4.69, 9.17) is 4.74 Å². The number of thioether (sulfide) groups is 1. The standard InChI is InChI=1S/C17H25BrOS/c1-2-3-9-19-16-10-15(18)11-17(12-16)20-13-14-7-5-4-6-8-14/h10-12,14H,2-9,13H2,1H3. The van der Waals surface area contributed by atoms with Gasteiger partial charge in [-0.25, -0.2) is 0 Å². The summed E-state index contributed by atoms with van der Waals surface area (Å²) in [5, 5.41) is 0.